The summed E-state index contributed by atoms with van der Waals surface area (Å²) >= 11 is 0. The van der Waals surface area contributed by atoms with Gasteiger partial charge in [0, 0.05) is 31.0 Å². The van der Waals surface area contributed by atoms with Crippen LogP contribution in [0.1, 0.15) is 28.5 Å². The van der Waals surface area contributed by atoms with Crippen LogP contribution in [0.5, 0.6) is 0 Å². The molecule has 0 saturated heterocycles. The molecule has 1 heterocycles. The quantitative estimate of drug-likeness (QED) is 0.599. The molecule has 1 aromatic heterocycles. The van der Waals surface area contributed by atoms with E-state index in [1.807, 2.05) is 48.6 Å². The molecule has 0 fully saturated rings. The van der Waals surface area contributed by atoms with E-state index in [0.29, 0.717) is 18.7 Å². The van der Waals surface area contributed by atoms with Crippen molar-refractivity contribution in [3.63, 3.8) is 0 Å². The van der Waals surface area contributed by atoms with Gasteiger partial charge in [0.05, 0.1) is 11.2 Å². The number of aromatic nitrogens is 2. The summed E-state index contributed by atoms with van der Waals surface area (Å²) in [6, 6.07) is 15.3. The smallest absolute Gasteiger partial charge is 0.251 e. The third-order valence-electron chi connectivity index (χ3n) is 3.89. The topological polar surface area (TPSA) is 86.9 Å². The summed E-state index contributed by atoms with van der Waals surface area (Å²) in [4.78, 5) is 22.8. The Balaban J connectivity index is 1.60. The van der Waals surface area contributed by atoms with E-state index in [4.69, 9.17) is 0 Å². The normalized spacial score (nSPS) is 11.0. The van der Waals surface area contributed by atoms with Crippen LogP contribution < -0.4 is 10.6 Å². The first-order valence-electron chi connectivity index (χ1n) is 8.37. The second kappa shape index (κ2) is 8.11. The number of nitrogens with zero attached hydrogens (tertiary/aromatic N) is 1. The third-order valence-corrected chi connectivity index (χ3v) is 3.89. The van der Waals surface area contributed by atoms with Crippen molar-refractivity contribution in [1.82, 2.24) is 20.8 Å². The van der Waals surface area contributed by atoms with Crippen molar-refractivity contribution in [3.05, 3.63) is 65.4 Å². The van der Waals surface area contributed by atoms with Crippen molar-refractivity contribution < 1.29 is 9.59 Å². The highest BCUT2D eigenvalue weighted by atomic mass is 16.2. The fourth-order valence-electron chi connectivity index (χ4n) is 2.55. The van der Waals surface area contributed by atoms with Gasteiger partial charge in [0.2, 0.25) is 5.91 Å². The first-order chi connectivity index (χ1) is 12.6. The van der Waals surface area contributed by atoms with Crippen molar-refractivity contribution in [2.75, 3.05) is 13.1 Å². The minimum absolute atomic E-state index is 0.111. The Kier molecular flexibility index (Phi) is 5.43. The summed E-state index contributed by atoms with van der Waals surface area (Å²) in [5.41, 5.74) is 3.43. The van der Waals surface area contributed by atoms with Crippen LogP contribution in [0.3, 0.4) is 0 Å². The highest BCUT2D eigenvalue weighted by Crippen LogP contribution is 2.17. The van der Waals surface area contributed by atoms with E-state index >= 15 is 0 Å². The highest BCUT2D eigenvalue weighted by molar-refractivity contribution is 5.94. The SMILES string of the molecule is CC(=O)NCCNC(=O)c1ccc(/C=C/c2n[nH]c3ccccc23)cc1. The van der Waals surface area contributed by atoms with Gasteiger partial charge in [-0.05, 0) is 29.8 Å². The molecule has 0 aliphatic carbocycles. The molecule has 0 aliphatic heterocycles. The van der Waals surface area contributed by atoms with E-state index in [1.54, 1.807) is 12.1 Å². The molecule has 6 nitrogen and oxygen atoms in total. The lowest BCUT2D eigenvalue weighted by atomic mass is 10.1. The summed E-state index contributed by atoms with van der Waals surface area (Å²) in [7, 11) is 0. The zero-order chi connectivity index (χ0) is 18.4. The number of para-hydroxylation sites is 1. The minimum atomic E-state index is -0.163. The summed E-state index contributed by atoms with van der Waals surface area (Å²) in [6.45, 7) is 2.26. The second-order valence-electron chi connectivity index (χ2n) is 5.85. The zero-order valence-corrected chi connectivity index (χ0v) is 14.5. The Bertz CT molecular complexity index is 942. The summed E-state index contributed by atoms with van der Waals surface area (Å²) < 4.78 is 0. The number of benzene rings is 2. The fraction of sp³-hybridized carbons (Fsp3) is 0.150. The number of carbonyl (C=O) groups excluding carboxylic acids is 2. The van der Waals surface area contributed by atoms with Crippen LogP contribution in [0.15, 0.2) is 48.5 Å². The van der Waals surface area contributed by atoms with Crippen LogP contribution in [0.2, 0.25) is 0 Å². The molecule has 0 saturated carbocycles. The maximum Gasteiger partial charge on any atom is 0.251 e. The minimum Gasteiger partial charge on any atom is -0.355 e. The number of hydrogen-bond donors (Lipinski definition) is 3. The molecule has 0 atom stereocenters. The van der Waals surface area contributed by atoms with Crippen LogP contribution in [0.4, 0.5) is 0 Å². The van der Waals surface area contributed by atoms with E-state index in [9.17, 15) is 9.59 Å². The first-order valence-corrected chi connectivity index (χ1v) is 8.37. The molecule has 0 unspecified atom stereocenters. The number of amides is 2. The molecule has 3 N–H and O–H groups in total. The predicted octanol–water partition coefficient (Wildman–Crippen LogP) is 2.60. The van der Waals surface area contributed by atoms with Gasteiger partial charge in [-0.1, -0.05) is 36.4 Å². The standard InChI is InChI=1S/C20H20N4O2/c1-14(25)21-12-13-22-20(26)16-9-6-15(7-10-16)8-11-19-17-4-2-3-5-18(17)23-24-19/h2-11H,12-13H2,1H3,(H,21,25)(H,22,26)(H,23,24)/b11-8+. The van der Waals surface area contributed by atoms with Crippen LogP contribution in [0.25, 0.3) is 23.1 Å². The lowest BCUT2D eigenvalue weighted by molar-refractivity contribution is -0.118. The van der Waals surface area contributed by atoms with Crippen LogP contribution in [-0.2, 0) is 4.79 Å². The number of aromatic amines is 1. The molecule has 0 radical (unpaired) electrons. The maximum atomic E-state index is 12.0. The first kappa shape index (κ1) is 17.4. The molecule has 0 aliphatic rings. The monoisotopic (exact) mass is 348 g/mol. The summed E-state index contributed by atoms with van der Waals surface area (Å²) in [5, 5.41) is 13.8. The van der Waals surface area contributed by atoms with E-state index in [-0.39, 0.29) is 11.8 Å². The van der Waals surface area contributed by atoms with Gasteiger partial charge in [-0.15, -0.1) is 0 Å². The molecule has 0 bridgehead atoms. The van der Waals surface area contributed by atoms with E-state index in [0.717, 1.165) is 22.2 Å². The lowest BCUT2D eigenvalue weighted by Gasteiger charge is -2.06. The van der Waals surface area contributed by atoms with Gasteiger partial charge in [0.15, 0.2) is 0 Å². The average Bonchev–Trinajstić information content (AvgIpc) is 3.07. The Hall–Kier alpha value is -3.41. The molecule has 2 amide bonds. The Morgan fingerprint density at radius 1 is 1.00 bits per heavy atom. The van der Waals surface area contributed by atoms with E-state index in [1.165, 1.54) is 6.92 Å². The van der Waals surface area contributed by atoms with Crippen molar-refractivity contribution >= 4 is 34.9 Å². The number of fused-ring (bicyclic) bond motifs is 1. The third kappa shape index (κ3) is 4.36. The number of nitrogens with one attached hydrogen (secondary N) is 3. The molecular weight excluding hydrogens is 328 g/mol. The molecule has 3 rings (SSSR count). The molecule has 132 valence electrons. The van der Waals surface area contributed by atoms with Gasteiger partial charge < -0.3 is 10.6 Å². The van der Waals surface area contributed by atoms with E-state index < -0.39 is 0 Å². The highest BCUT2D eigenvalue weighted by Gasteiger charge is 2.04. The number of carbonyl (C=O) groups is 2. The van der Waals surface area contributed by atoms with Crippen molar-refractivity contribution in [2.24, 2.45) is 0 Å². The molecule has 26 heavy (non-hydrogen) atoms. The number of rotatable bonds is 6. The van der Waals surface area contributed by atoms with Crippen molar-refractivity contribution in [3.8, 4) is 0 Å². The van der Waals surface area contributed by atoms with Gasteiger partial charge in [-0.2, -0.15) is 5.10 Å². The Labute approximate surface area is 151 Å². The fourth-order valence-corrected chi connectivity index (χ4v) is 2.55. The molecule has 6 heteroatoms. The molecule has 3 aromatic rings. The number of hydrogen-bond acceptors (Lipinski definition) is 3. The van der Waals surface area contributed by atoms with Gasteiger partial charge >= 0.3 is 0 Å². The van der Waals surface area contributed by atoms with Crippen LogP contribution in [-0.4, -0.2) is 35.1 Å². The van der Waals surface area contributed by atoms with Crippen molar-refractivity contribution in [1.29, 1.82) is 0 Å². The van der Waals surface area contributed by atoms with E-state index in [2.05, 4.69) is 20.8 Å². The predicted molar refractivity (Wildman–Crippen MR) is 102 cm³/mol. The largest absolute Gasteiger partial charge is 0.355 e. The molecule has 2 aromatic carbocycles. The molecule has 0 spiro atoms. The Morgan fingerprint density at radius 3 is 2.50 bits per heavy atom. The van der Waals surface area contributed by atoms with Gasteiger partial charge in [-0.3, -0.25) is 14.7 Å². The second-order valence-corrected chi connectivity index (χ2v) is 5.85. The maximum absolute atomic E-state index is 12.0. The lowest BCUT2D eigenvalue weighted by Crippen LogP contribution is -2.33. The van der Waals surface area contributed by atoms with Crippen LogP contribution >= 0.6 is 0 Å². The Morgan fingerprint density at radius 2 is 1.73 bits per heavy atom. The average molecular weight is 348 g/mol. The zero-order valence-electron chi connectivity index (χ0n) is 14.5. The van der Waals surface area contributed by atoms with Gasteiger partial charge in [0.25, 0.3) is 5.91 Å². The van der Waals surface area contributed by atoms with Crippen LogP contribution in [0, 0.1) is 0 Å². The number of H-pyrrole nitrogens is 1. The van der Waals surface area contributed by atoms with Gasteiger partial charge in [0.1, 0.15) is 0 Å². The molecular formula is C20H20N4O2. The van der Waals surface area contributed by atoms with Crippen molar-refractivity contribution in [2.45, 2.75) is 6.92 Å². The summed E-state index contributed by atoms with van der Waals surface area (Å²) in [6.07, 6.45) is 3.91. The van der Waals surface area contributed by atoms with Gasteiger partial charge in [-0.25, -0.2) is 0 Å². The summed E-state index contributed by atoms with van der Waals surface area (Å²) in [5.74, 6) is -0.274.